The van der Waals surface area contributed by atoms with Crippen LogP contribution in [0.4, 0.5) is 26.3 Å². The predicted octanol–water partition coefficient (Wildman–Crippen LogP) is 5.26. The second-order valence-electron chi connectivity index (χ2n) is 6.60. The number of alkyl halides is 6. The fraction of sp³-hybridized carbons (Fsp3) is 0.100. The van der Waals surface area contributed by atoms with Gasteiger partial charge in [0.1, 0.15) is 21.3 Å². The summed E-state index contributed by atoms with van der Waals surface area (Å²) in [6.45, 7) is 0. The smallest absolute Gasteiger partial charge is 0.379 e. The molecule has 0 unspecified atom stereocenters. The van der Waals surface area contributed by atoms with Crippen molar-refractivity contribution in [3.63, 3.8) is 0 Å². The number of rotatable bonds is 6. The zero-order chi connectivity index (χ0) is 25.4. The van der Waals surface area contributed by atoms with Gasteiger partial charge in [0.15, 0.2) is 0 Å². The largest absolute Gasteiger partial charge is 0.416 e. The van der Waals surface area contributed by atoms with Gasteiger partial charge in [-0.3, -0.25) is 0 Å². The maximum Gasteiger partial charge on any atom is 0.416 e. The first-order valence-corrected chi connectivity index (χ1v) is 11.7. The van der Waals surface area contributed by atoms with Crippen molar-refractivity contribution in [2.45, 2.75) is 22.1 Å². The van der Waals surface area contributed by atoms with Gasteiger partial charge in [-0.2, -0.15) is 43.2 Å². The van der Waals surface area contributed by atoms with Gasteiger partial charge >= 0.3 is 32.6 Å². The molecule has 0 heterocycles. The molecule has 0 aliphatic heterocycles. The fourth-order valence-electron chi connectivity index (χ4n) is 2.58. The molecule has 3 aromatic rings. The Morgan fingerprint density at radius 2 is 0.882 bits per heavy atom. The van der Waals surface area contributed by atoms with E-state index in [2.05, 4.69) is 0 Å². The lowest BCUT2D eigenvalue weighted by Gasteiger charge is -2.12. The molecule has 6 nitrogen and oxygen atoms in total. The molecule has 0 bridgehead atoms. The van der Waals surface area contributed by atoms with Crippen LogP contribution in [0.15, 0.2) is 82.6 Å². The van der Waals surface area contributed by atoms with Gasteiger partial charge in [-0.25, -0.2) is 0 Å². The zero-order valence-electron chi connectivity index (χ0n) is 16.5. The van der Waals surface area contributed by atoms with Crippen LogP contribution in [-0.2, 0) is 32.6 Å². The molecular weight excluding hydrogens is 514 g/mol. The van der Waals surface area contributed by atoms with Crippen LogP contribution in [0.3, 0.4) is 0 Å². The van der Waals surface area contributed by atoms with Crippen molar-refractivity contribution < 1.29 is 51.5 Å². The van der Waals surface area contributed by atoms with Crippen LogP contribution in [-0.4, -0.2) is 16.8 Å². The van der Waals surface area contributed by atoms with Crippen LogP contribution in [0.2, 0.25) is 0 Å². The van der Waals surface area contributed by atoms with Gasteiger partial charge in [0.25, 0.3) is 0 Å². The van der Waals surface area contributed by atoms with Crippen molar-refractivity contribution in [3.05, 3.63) is 83.9 Å². The van der Waals surface area contributed by atoms with E-state index in [0.29, 0.717) is 24.3 Å². The van der Waals surface area contributed by atoms with Gasteiger partial charge in [0, 0.05) is 6.07 Å². The van der Waals surface area contributed by atoms with Crippen LogP contribution >= 0.6 is 0 Å². The van der Waals surface area contributed by atoms with Gasteiger partial charge in [-0.15, -0.1) is 0 Å². The fourth-order valence-corrected chi connectivity index (χ4v) is 4.52. The van der Waals surface area contributed by atoms with Crippen LogP contribution < -0.4 is 8.37 Å². The number of hydrogen-bond donors (Lipinski definition) is 0. The standard InChI is InChI=1S/C20H12F6O6S2/c21-19(22,23)13-4-1-8-17(10-13)33(27,28)31-15-6-3-7-16(12-15)32-34(29,30)18-9-2-5-14(11-18)20(24,25)26/h1-12H. The highest BCUT2D eigenvalue weighted by Crippen LogP contribution is 2.33. The monoisotopic (exact) mass is 526 g/mol. The van der Waals surface area contributed by atoms with Gasteiger partial charge in [0.2, 0.25) is 0 Å². The number of halogens is 6. The quantitative estimate of drug-likeness (QED) is 0.322. The van der Waals surface area contributed by atoms with Crippen LogP contribution in [0.1, 0.15) is 11.1 Å². The summed E-state index contributed by atoms with van der Waals surface area (Å²) in [6.07, 6.45) is -9.62. The zero-order valence-corrected chi connectivity index (χ0v) is 18.1. The Bertz CT molecular complexity index is 1310. The third kappa shape index (κ3) is 5.99. The average Bonchev–Trinajstić information content (AvgIpc) is 2.72. The SMILES string of the molecule is O=S(=O)(Oc1cccc(OS(=O)(=O)c2cccc(C(F)(F)F)c2)c1)c1cccc(C(F)(F)F)c1. The van der Waals surface area contributed by atoms with E-state index in [4.69, 9.17) is 8.37 Å². The van der Waals surface area contributed by atoms with E-state index in [-0.39, 0.29) is 0 Å². The Balaban J connectivity index is 1.86. The molecule has 0 atom stereocenters. The van der Waals surface area contributed by atoms with Gasteiger partial charge in [0.05, 0.1) is 11.1 Å². The predicted molar refractivity (Wildman–Crippen MR) is 105 cm³/mol. The van der Waals surface area contributed by atoms with Crippen molar-refractivity contribution in [3.8, 4) is 11.5 Å². The summed E-state index contributed by atoms with van der Waals surface area (Å²) in [5, 5.41) is 0. The molecule has 0 spiro atoms. The molecule has 0 saturated carbocycles. The van der Waals surface area contributed by atoms with Crippen LogP contribution in [0.25, 0.3) is 0 Å². The molecule has 0 amide bonds. The van der Waals surface area contributed by atoms with Gasteiger partial charge < -0.3 is 8.37 Å². The molecule has 3 aromatic carbocycles. The van der Waals surface area contributed by atoms with E-state index < -0.39 is 65.0 Å². The Labute approximate surface area is 189 Å². The number of hydrogen-bond acceptors (Lipinski definition) is 6. The minimum atomic E-state index is -4.81. The lowest BCUT2D eigenvalue weighted by Crippen LogP contribution is -2.13. The third-order valence-electron chi connectivity index (χ3n) is 4.12. The van der Waals surface area contributed by atoms with E-state index in [1.165, 1.54) is 0 Å². The maximum absolute atomic E-state index is 12.9. The van der Waals surface area contributed by atoms with E-state index in [1.54, 1.807) is 0 Å². The molecule has 0 aliphatic rings. The molecule has 0 fully saturated rings. The van der Waals surface area contributed by atoms with E-state index in [0.717, 1.165) is 48.5 Å². The third-order valence-corrected chi connectivity index (χ3v) is 6.60. The van der Waals surface area contributed by atoms with E-state index >= 15 is 0 Å². The molecular formula is C20H12F6O6S2. The molecule has 0 saturated heterocycles. The summed E-state index contributed by atoms with van der Waals surface area (Å²) in [5.41, 5.74) is -2.47. The average molecular weight is 526 g/mol. The minimum absolute atomic E-state index is 0.355. The first-order chi connectivity index (χ1) is 15.6. The Morgan fingerprint density at radius 1 is 0.529 bits per heavy atom. The lowest BCUT2D eigenvalue weighted by atomic mass is 10.2. The molecule has 0 aromatic heterocycles. The first kappa shape index (κ1) is 25.4. The van der Waals surface area contributed by atoms with Crippen molar-refractivity contribution in [2.75, 3.05) is 0 Å². The van der Waals surface area contributed by atoms with Gasteiger partial charge in [-0.1, -0.05) is 18.2 Å². The Hall–Kier alpha value is -3.26. The van der Waals surface area contributed by atoms with Crippen LogP contribution in [0.5, 0.6) is 11.5 Å². The van der Waals surface area contributed by atoms with Crippen molar-refractivity contribution in [2.24, 2.45) is 0 Å². The van der Waals surface area contributed by atoms with Crippen molar-refractivity contribution in [1.82, 2.24) is 0 Å². The maximum atomic E-state index is 12.9. The highest BCUT2D eigenvalue weighted by Gasteiger charge is 2.33. The summed E-state index contributed by atoms with van der Waals surface area (Å²) in [5.74, 6) is -1.04. The van der Waals surface area contributed by atoms with Gasteiger partial charge in [-0.05, 0) is 48.5 Å². The van der Waals surface area contributed by atoms with Crippen LogP contribution in [0, 0.1) is 0 Å². The number of benzene rings is 3. The first-order valence-electron chi connectivity index (χ1n) is 8.91. The summed E-state index contributed by atoms with van der Waals surface area (Å²) in [6, 6.07) is 9.47. The summed E-state index contributed by atoms with van der Waals surface area (Å²) < 4.78 is 136. The molecule has 0 radical (unpaired) electrons. The summed E-state index contributed by atoms with van der Waals surface area (Å²) in [7, 11) is -9.52. The lowest BCUT2D eigenvalue weighted by molar-refractivity contribution is -0.138. The molecule has 0 N–H and O–H groups in total. The molecule has 3 rings (SSSR count). The van der Waals surface area contributed by atoms with Crippen molar-refractivity contribution in [1.29, 1.82) is 0 Å². The second kappa shape index (κ2) is 8.83. The molecule has 34 heavy (non-hydrogen) atoms. The summed E-state index contributed by atoms with van der Waals surface area (Å²) in [4.78, 5) is -1.63. The topological polar surface area (TPSA) is 86.7 Å². The molecule has 14 heteroatoms. The Kier molecular flexibility index (Phi) is 6.59. The summed E-state index contributed by atoms with van der Waals surface area (Å²) >= 11 is 0. The van der Waals surface area contributed by atoms with E-state index in [9.17, 15) is 43.2 Å². The second-order valence-corrected chi connectivity index (χ2v) is 9.69. The molecule has 182 valence electrons. The highest BCUT2D eigenvalue weighted by atomic mass is 32.2. The normalized spacial score (nSPS) is 12.9. The van der Waals surface area contributed by atoms with E-state index in [1.807, 2.05) is 0 Å². The van der Waals surface area contributed by atoms with Crippen molar-refractivity contribution >= 4 is 20.2 Å². The minimum Gasteiger partial charge on any atom is -0.379 e. The highest BCUT2D eigenvalue weighted by molar-refractivity contribution is 7.87. The molecule has 0 aliphatic carbocycles. The Morgan fingerprint density at radius 3 is 1.24 bits per heavy atom.